The number of carbonyl (C=O) groups is 1. The van der Waals surface area contributed by atoms with Gasteiger partial charge in [-0.05, 0) is 37.5 Å². The Kier molecular flexibility index (Phi) is 14.4. The Hall–Kier alpha value is -1.79. The molecule has 0 aliphatic rings. The van der Waals surface area contributed by atoms with Gasteiger partial charge in [0.15, 0.2) is 0 Å². The van der Waals surface area contributed by atoms with Gasteiger partial charge in [-0.1, -0.05) is 60.1 Å². The van der Waals surface area contributed by atoms with Crippen molar-refractivity contribution in [1.82, 2.24) is 0 Å². The van der Waals surface area contributed by atoms with E-state index in [1.54, 1.807) is 24.3 Å². The summed E-state index contributed by atoms with van der Waals surface area (Å²) in [5.74, 6) is 10.00. The molecule has 0 aliphatic heterocycles. The van der Waals surface area contributed by atoms with Crippen molar-refractivity contribution in [3.8, 4) is 23.7 Å². The predicted molar refractivity (Wildman–Crippen MR) is 94.9 cm³/mol. The molecule has 2 atom stereocenters. The second kappa shape index (κ2) is 15.5. The van der Waals surface area contributed by atoms with Crippen LogP contribution in [0.3, 0.4) is 0 Å². The van der Waals surface area contributed by atoms with Crippen LogP contribution in [-0.2, 0) is 4.79 Å². The second-order valence-electron chi connectivity index (χ2n) is 5.25. The fourth-order valence-electron chi connectivity index (χ4n) is 1.80. The van der Waals surface area contributed by atoms with E-state index in [-0.39, 0.29) is 36.0 Å². The third-order valence-corrected chi connectivity index (χ3v) is 3.05. The molecule has 0 bridgehead atoms. The zero-order valence-electron chi connectivity index (χ0n) is 14.9. The van der Waals surface area contributed by atoms with Crippen molar-refractivity contribution >= 4 is 5.97 Å². The molecule has 0 unspecified atom stereocenters. The summed E-state index contributed by atoms with van der Waals surface area (Å²) < 4.78 is 0. The Balaban J connectivity index is 0.00000625. The molecular weight excluding hydrogens is 339 g/mol. The van der Waals surface area contributed by atoms with Crippen molar-refractivity contribution in [1.29, 1.82) is 0 Å². The maximum Gasteiger partial charge on any atom is 1.00 e. The van der Waals surface area contributed by atoms with E-state index in [2.05, 4.69) is 23.7 Å². The molecule has 0 aromatic heterocycles. The van der Waals surface area contributed by atoms with Gasteiger partial charge in [0.1, 0.15) is 6.10 Å². The van der Waals surface area contributed by atoms with Crippen LogP contribution >= 0.6 is 0 Å². The Morgan fingerprint density at radius 2 is 1.92 bits per heavy atom. The van der Waals surface area contributed by atoms with Gasteiger partial charge >= 0.3 is 29.6 Å². The van der Waals surface area contributed by atoms with E-state index >= 15 is 0 Å². The fourth-order valence-corrected chi connectivity index (χ4v) is 1.80. The average Bonchev–Trinajstić information content (AvgIpc) is 2.58. The monoisotopic (exact) mass is 360 g/mol. The van der Waals surface area contributed by atoms with Crippen LogP contribution in [0.1, 0.15) is 31.2 Å². The SMILES string of the molecule is O=C([O-])CCC[C@H](O)C#C/C=C/C=C/[C@H](O)CC#Cc1ccccc1.[Na+]. The van der Waals surface area contributed by atoms with Crippen molar-refractivity contribution in [2.45, 2.75) is 37.9 Å². The number of hydrogen-bond acceptors (Lipinski definition) is 4. The molecule has 0 fully saturated rings. The molecule has 0 radical (unpaired) electrons. The molecule has 0 saturated heterocycles. The molecule has 2 N–H and O–H groups in total. The predicted octanol–water partition coefficient (Wildman–Crippen LogP) is -1.81. The van der Waals surface area contributed by atoms with Gasteiger partial charge in [0, 0.05) is 18.0 Å². The topological polar surface area (TPSA) is 80.6 Å². The van der Waals surface area contributed by atoms with Crippen LogP contribution in [0.15, 0.2) is 54.6 Å². The molecule has 130 valence electrons. The van der Waals surface area contributed by atoms with Crippen molar-refractivity contribution < 1.29 is 49.7 Å². The number of hydrogen-bond donors (Lipinski definition) is 2. The summed E-state index contributed by atoms with van der Waals surface area (Å²) in [4.78, 5) is 10.2. The van der Waals surface area contributed by atoms with Crippen molar-refractivity contribution in [2.75, 3.05) is 0 Å². The van der Waals surface area contributed by atoms with Gasteiger partial charge in [-0.15, -0.1) is 0 Å². The van der Waals surface area contributed by atoms with Crippen molar-refractivity contribution in [3.63, 3.8) is 0 Å². The van der Waals surface area contributed by atoms with Crippen molar-refractivity contribution in [3.05, 3.63) is 60.2 Å². The number of carboxylic acid groups (broad SMARTS) is 1. The molecule has 0 spiro atoms. The summed E-state index contributed by atoms with van der Waals surface area (Å²) in [6, 6.07) is 9.55. The van der Waals surface area contributed by atoms with E-state index in [0.717, 1.165) is 5.56 Å². The summed E-state index contributed by atoms with van der Waals surface area (Å²) >= 11 is 0. The Morgan fingerprint density at radius 3 is 2.62 bits per heavy atom. The number of carbonyl (C=O) groups excluding carboxylic acids is 1. The second-order valence-corrected chi connectivity index (χ2v) is 5.25. The summed E-state index contributed by atoms with van der Waals surface area (Å²) in [5, 5.41) is 29.5. The van der Waals surface area contributed by atoms with Gasteiger partial charge in [-0.2, -0.15) is 0 Å². The van der Waals surface area contributed by atoms with Gasteiger partial charge in [-0.3, -0.25) is 0 Å². The molecule has 0 saturated carbocycles. The summed E-state index contributed by atoms with van der Waals surface area (Å²) in [7, 11) is 0. The van der Waals surface area contributed by atoms with Crippen LogP contribution in [0.25, 0.3) is 0 Å². The first-order valence-electron chi connectivity index (χ1n) is 8.02. The minimum absolute atomic E-state index is 0. The average molecular weight is 360 g/mol. The van der Waals surface area contributed by atoms with Gasteiger partial charge in [0.25, 0.3) is 0 Å². The van der Waals surface area contributed by atoms with Crippen molar-refractivity contribution in [2.24, 2.45) is 0 Å². The first-order chi connectivity index (χ1) is 12.1. The number of allylic oxidation sites excluding steroid dienone is 3. The molecule has 1 rings (SSSR count). The van der Waals surface area contributed by atoms with E-state index in [1.165, 1.54) is 0 Å². The molecule has 26 heavy (non-hydrogen) atoms. The third-order valence-electron chi connectivity index (χ3n) is 3.05. The largest absolute Gasteiger partial charge is 1.00 e. The first kappa shape index (κ1) is 24.2. The molecule has 0 amide bonds. The maximum absolute atomic E-state index is 10.2. The first-order valence-corrected chi connectivity index (χ1v) is 8.02. The van der Waals surface area contributed by atoms with Gasteiger partial charge in [0.2, 0.25) is 0 Å². The number of aliphatic hydroxyl groups excluding tert-OH is 2. The van der Waals surface area contributed by atoms with E-state index in [9.17, 15) is 20.1 Å². The minimum Gasteiger partial charge on any atom is -0.550 e. The van der Waals surface area contributed by atoms with Crippen LogP contribution in [0.5, 0.6) is 0 Å². The summed E-state index contributed by atoms with van der Waals surface area (Å²) in [6.45, 7) is 0. The zero-order chi connectivity index (χ0) is 18.3. The summed E-state index contributed by atoms with van der Waals surface area (Å²) in [6.07, 6.45) is 5.82. The van der Waals surface area contributed by atoms with E-state index < -0.39 is 18.2 Å². The normalized spacial score (nSPS) is 12.4. The number of rotatable bonds is 7. The molecule has 0 aliphatic carbocycles. The van der Waals surface area contributed by atoms with E-state index in [1.807, 2.05) is 30.3 Å². The molecule has 1 aromatic carbocycles. The van der Waals surface area contributed by atoms with Crippen LogP contribution in [0.2, 0.25) is 0 Å². The number of carboxylic acids is 1. The fraction of sp³-hybridized carbons (Fsp3) is 0.286. The van der Waals surface area contributed by atoms with Crippen LogP contribution in [0, 0.1) is 23.7 Å². The smallest absolute Gasteiger partial charge is 0.550 e. The Bertz CT molecular complexity index is 702. The maximum atomic E-state index is 10.2. The van der Waals surface area contributed by atoms with E-state index in [0.29, 0.717) is 19.3 Å². The third kappa shape index (κ3) is 13.5. The van der Waals surface area contributed by atoms with Crippen LogP contribution < -0.4 is 34.7 Å². The molecular formula is C21H21NaO4. The van der Waals surface area contributed by atoms with Crippen LogP contribution in [0.4, 0.5) is 0 Å². The zero-order valence-corrected chi connectivity index (χ0v) is 16.9. The Labute approximate surface area is 176 Å². The summed E-state index contributed by atoms with van der Waals surface area (Å²) in [5.41, 5.74) is 0.909. The quantitative estimate of drug-likeness (QED) is 0.341. The molecule has 0 heterocycles. The van der Waals surface area contributed by atoms with Gasteiger partial charge in [0.05, 0.1) is 6.10 Å². The molecule has 5 heteroatoms. The standard InChI is InChI=1S/C21H22O4.Na/c22-19(15-8-12-18-10-4-3-5-11-18)13-6-1-2-7-14-20(23)16-9-17-21(24)25;/h1-6,10-11,13,19-20,22-23H,9,15-17H2,(H,24,25);/q;+1/p-1/b2-1+,13-6+;/t19-,20+;/m0./s1. The Morgan fingerprint density at radius 1 is 1.19 bits per heavy atom. The van der Waals surface area contributed by atoms with Gasteiger partial charge < -0.3 is 20.1 Å². The number of aliphatic carboxylic acids is 1. The molecule has 1 aromatic rings. The van der Waals surface area contributed by atoms with E-state index in [4.69, 9.17) is 0 Å². The number of aliphatic hydroxyl groups is 2. The minimum atomic E-state index is -1.13. The number of benzene rings is 1. The van der Waals surface area contributed by atoms with Crippen LogP contribution in [-0.4, -0.2) is 28.4 Å². The van der Waals surface area contributed by atoms with Gasteiger partial charge in [-0.25, -0.2) is 0 Å². The molecule has 4 nitrogen and oxygen atoms in total.